The van der Waals surface area contributed by atoms with Crippen LogP contribution in [-0.4, -0.2) is 27.6 Å². The maximum Gasteiger partial charge on any atom is 0.337 e. The Bertz CT molecular complexity index is 1050. The molecule has 0 fully saturated rings. The van der Waals surface area contributed by atoms with E-state index in [9.17, 15) is 4.79 Å². The van der Waals surface area contributed by atoms with E-state index >= 15 is 0 Å². The van der Waals surface area contributed by atoms with Crippen LogP contribution in [0.25, 0.3) is 22.6 Å². The third kappa shape index (κ3) is 2.95. The van der Waals surface area contributed by atoms with Crippen molar-refractivity contribution in [3.05, 3.63) is 84.1 Å². The standard InChI is InChI=1S/C21H17N3O2/c1-26-21(25)16-11-9-15(10-12-16)14-24-19-8-3-2-6-17(19)23-20(24)18-7-4-5-13-22-18/h2-13H,14H2,1H3. The van der Waals surface area contributed by atoms with Crippen molar-refractivity contribution in [1.82, 2.24) is 14.5 Å². The second kappa shape index (κ2) is 6.80. The molecule has 0 radical (unpaired) electrons. The Morgan fingerprint density at radius 3 is 2.50 bits per heavy atom. The van der Waals surface area contributed by atoms with Crippen LogP contribution in [0.5, 0.6) is 0 Å². The lowest BCUT2D eigenvalue weighted by Gasteiger charge is -2.10. The average Bonchev–Trinajstić information content (AvgIpc) is 3.07. The number of aromatic nitrogens is 3. The molecule has 0 N–H and O–H groups in total. The van der Waals surface area contributed by atoms with Gasteiger partial charge in [0.05, 0.1) is 23.7 Å². The van der Waals surface area contributed by atoms with Crippen LogP contribution >= 0.6 is 0 Å². The number of para-hydroxylation sites is 2. The van der Waals surface area contributed by atoms with Crippen LogP contribution in [0.3, 0.4) is 0 Å². The number of methoxy groups -OCH3 is 1. The van der Waals surface area contributed by atoms with Crippen molar-refractivity contribution in [2.24, 2.45) is 0 Å². The summed E-state index contributed by atoms with van der Waals surface area (Å²) >= 11 is 0. The molecule has 26 heavy (non-hydrogen) atoms. The van der Waals surface area contributed by atoms with Gasteiger partial charge < -0.3 is 9.30 Å². The topological polar surface area (TPSA) is 57.0 Å². The van der Waals surface area contributed by atoms with Gasteiger partial charge in [-0.2, -0.15) is 0 Å². The molecule has 0 atom stereocenters. The van der Waals surface area contributed by atoms with Gasteiger partial charge in [0.15, 0.2) is 5.82 Å². The Morgan fingerprint density at radius 2 is 1.77 bits per heavy atom. The van der Waals surface area contributed by atoms with E-state index in [-0.39, 0.29) is 5.97 Å². The van der Waals surface area contributed by atoms with E-state index in [0.717, 1.165) is 28.1 Å². The number of benzene rings is 2. The molecule has 0 unspecified atom stereocenters. The number of rotatable bonds is 4. The third-order valence-corrected chi connectivity index (χ3v) is 4.26. The van der Waals surface area contributed by atoms with E-state index in [1.807, 2.05) is 48.5 Å². The number of esters is 1. The van der Waals surface area contributed by atoms with Crippen molar-refractivity contribution in [2.45, 2.75) is 6.54 Å². The zero-order chi connectivity index (χ0) is 17.9. The van der Waals surface area contributed by atoms with Crippen LogP contribution in [0.15, 0.2) is 72.9 Å². The number of fused-ring (bicyclic) bond motifs is 1. The molecule has 0 spiro atoms. The lowest BCUT2D eigenvalue weighted by molar-refractivity contribution is 0.0600. The SMILES string of the molecule is COC(=O)c1ccc(Cn2c(-c3ccccn3)nc3ccccc32)cc1. The Hall–Kier alpha value is -3.47. The predicted molar refractivity (Wildman–Crippen MR) is 99.8 cm³/mol. The Kier molecular flexibility index (Phi) is 4.19. The molecular formula is C21H17N3O2. The van der Waals surface area contributed by atoms with Gasteiger partial charge in [0.25, 0.3) is 0 Å². The second-order valence-corrected chi connectivity index (χ2v) is 5.91. The monoisotopic (exact) mass is 343 g/mol. The van der Waals surface area contributed by atoms with Gasteiger partial charge in [-0.25, -0.2) is 9.78 Å². The van der Waals surface area contributed by atoms with Gasteiger partial charge in [0.1, 0.15) is 5.69 Å². The largest absolute Gasteiger partial charge is 0.465 e. The summed E-state index contributed by atoms with van der Waals surface area (Å²) in [6, 6.07) is 21.3. The summed E-state index contributed by atoms with van der Waals surface area (Å²) < 4.78 is 6.90. The Labute approximate surface area is 150 Å². The lowest BCUT2D eigenvalue weighted by atomic mass is 10.1. The highest BCUT2D eigenvalue weighted by Gasteiger charge is 2.14. The number of hydrogen-bond acceptors (Lipinski definition) is 4. The van der Waals surface area contributed by atoms with Gasteiger partial charge in [0.2, 0.25) is 0 Å². The zero-order valence-electron chi connectivity index (χ0n) is 14.3. The molecule has 2 heterocycles. The number of carbonyl (C=O) groups excluding carboxylic acids is 1. The van der Waals surface area contributed by atoms with Crippen molar-refractivity contribution >= 4 is 17.0 Å². The number of nitrogens with zero attached hydrogens (tertiary/aromatic N) is 3. The first-order valence-electron chi connectivity index (χ1n) is 8.30. The molecular weight excluding hydrogens is 326 g/mol. The fourth-order valence-corrected chi connectivity index (χ4v) is 2.97. The van der Waals surface area contributed by atoms with E-state index in [0.29, 0.717) is 12.1 Å². The summed E-state index contributed by atoms with van der Waals surface area (Å²) in [6.45, 7) is 0.633. The second-order valence-electron chi connectivity index (χ2n) is 5.91. The zero-order valence-corrected chi connectivity index (χ0v) is 14.3. The van der Waals surface area contributed by atoms with Crippen LogP contribution in [0.4, 0.5) is 0 Å². The first-order valence-corrected chi connectivity index (χ1v) is 8.30. The van der Waals surface area contributed by atoms with Crippen LogP contribution in [0.2, 0.25) is 0 Å². The third-order valence-electron chi connectivity index (χ3n) is 4.26. The molecule has 4 aromatic rings. The summed E-state index contributed by atoms with van der Waals surface area (Å²) in [7, 11) is 1.38. The first-order chi connectivity index (χ1) is 12.8. The van der Waals surface area contributed by atoms with E-state index in [1.165, 1.54) is 7.11 Å². The number of imidazole rings is 1. The normalized spacial score (nSPS) is 10.8. The van der Waals surface area contributed by atoms with Crippen molar-refractivity contribution in [2.75, 3.05) is 7.11 Å². The van der Waals surface area contributed by atoms with Crippen molar-refractivity contribution in [3.63, 3.8) is 0 Å². The molecule has 0 aliphatic carbocycles. The predicted octanol–water partition coefficient (Wildman–Crippen LogP) is 3.93. The van der Waals surface area contributed by atoms with Crippen molar-refractivity contribution in [3.8, 4) is 11.5 Å². The molecule has 0 saturated carbocycles. The minimum absolute atomic E-state index is 0.334. The smallest absolute Gasteiger partial charge is 0.337 e. The average molecular weight is 343 g/mol. The molecule has 2 aromatic carbocycles. The van der Waals surface area contributed by atoms with E-state index in [4.69, 9.17) is 9.72 Å². The molecule has 2 aromatic heterocycles. The van der Waals surface area contributed by atoms with Gasteiger partial charge in [-0.1, -0.05) is 30.3 Å². The summed E-state index contributed by atoms with van der Waals surface area (Å²) in [5.74, 6) is 0.489. The van der Waals surface area contributed by atoms with Gasteiger partial charge in [-0.3, -0.25) is 4.98 Å². The van der Waals surface area contributed by atoms with Gasteiger partial charge >= 0.3 is 5.97 Å². The maximum absolute atomic E-state index is 11.6. The summed E-state index contributed by atoms with van der Waals surface area (Å²) in [5.41, 5.74) is 4.41. The van der Waals surface area contributed by atoms with Crippen molar-refractivity contribution in [1.29, 1.82) is 0 Å². The number of hydrogen-bond donors (Lipinski definition) is 0. The summed E-state index contributed by atoms with van der Waals surface area (Å²) in [5, 5.41) is 0. The lowest BCUT2D eigenvalue weighted by Crippen LogP contribution is -2.04. The Morgan fingerprint density at radius 1 is 1.00 bits per heavy atom. The van der Waals surface area contributed by atoms with Gasteiger partial charge in [-0.05, 0) is 42.0 Å². The number of ether oxygens (including phenoxy) is 1. The molecule has 5 nitrogen and oxygen atoms in total. The van der Waals surface area contributed by atoms with Gasteiger partial charge in [-0.15, -0.1) is 0 Å². The summed E-state index contributed by atoms with van der Waals surface area (Å²) in [6.07, 6.45) is 1.77. The van der Waals surface area contributed by atoms with E-state index in [2.05, 4.69) is 15.6 Å². The first kappa shape index (κ1) is 16.0. The maximum atomic E-state index is 11.6. The molecule has 128 valence electrons. The minimum atomic E-state index is -0.334. The number of pyridine rings is 1. The highest BCUT2D eigenvalue weighted by Crippen LogP contribution is 2.24. The molecule has 0 amide bonds. The van der Waals surface area contributed by atoms with Crippen molar-refractivity contribution < 1.29 is 9.53 Å². The van der Waals surface area contributed by atoms with E-state index in [1.54, 1.807) is 18.3 Å². The molecule has 0 aliphatic rings. The quantitative estimate of drug-likeness (QED) is 0.527. The Balaban J connectivity index is 1.77. The molecule has 0 aliphatic heterocycles. The fourth-order valence-electron chi connectivity index (χ4n) is 2.97. The highest BCUT2D eigenvalue weighted by atomic mass is 16.5. The number of carbonyl (C=O) groups is 1. The van der Waals surface area contributed by atoms with Gasteiger partial charge in [0, 0.05) is 12.7 Å². The fraction of sp³-hybridized carbons (Fsp3) is 0.0952. The van der Waals surface area contributed by atoms with Crippen LogP contribution in [-0.2, 0) is 11.3 Å². The highest BCUT2D eigenvalue weighted by molar-refractivity contribution is 5.89. The minimum Gasteiger partial charge on any atom is -0.465 e. The summed E-state index contributed by atoms with van der Waals surface area (Å²) in [4.78, 5) is 20.8. The van der Waals surface area contributed by atoms with Crippen LogP contribution < -0.4 is 0 Å². The van der Waals surface area contributed by atoms with Crippen LogP contribution in [0, 0.1) is 0 Å². The molecule has 5 heteroatoms. The molecule has 4 rings (SSSR count). The molecule has 0 bridgehead atoms. The van der Waals surface area contributed by atoms with Crippen LogP contribution in [0.1, 0.15) is 15.9 Å². The van der Waals surface area contributed by atoms with E-state index < -0.39 is 0 Å². The molecule has 0 saturated heterocycles.